The molecular weight excluding hydrogens is 264 g/mol. The molecule has 1 aliphatic carbocycles. The molecule has 1 fully saturated rings. The van der Waals surface area contributed by atoms with Crippen molar-refractivity contribution in [1.29, 1.82) is 0 Å². The molecule has 0 aromatic heterocycles. The molecular formula is C14H19F2N3O. The first-order valence-corrected chi connectivity index (χ1v) is 6.60. The van der Waals surface area contributed by atoms with Gasteiger partial charge in [-0.05, 0) is 37.1 Å². The maximum Gasteiger partial charge on any atom is 0.252 e. The fourth-order valence-electron chi connectivity index (χ4n) is 2.29. The quantitative estimate of drug-likeness (QED) is 0.660. The van der Waals surface area contributed by atoms with Crippen LogP contribution in [0.15, 0.2) is 29.3 Å². The highest BCUT2D eigenvalue weighted by atomic mass is 19.3. The second kappa shape index (κ2) is 6.07. The summed E-state index contributed by atoms with van der Waals surface area (Å²) in [5.74, 6) is -2.42. The number of aliphatic imine (C=N–C) groups is 1. The van der Waals surface area contributed by atoms with Crippen molar-refractivity contribution in [3.63, 3.8) is 0 Å². The molecule has 0 amide bonds. The number of alkyl halides is 2. The van der Waals surface area contributed by atoms with Crippen LogP contribution in [-0.4, -0.2) is 25.5 Å². The van der Waals surface area contributed by atoms with E-state index in [1.54, 1.807) is 31.4 Å². The van der Waals surface area contributed by atoms with E-state index in [0.717, 1.165) is 11.4 Å². The number of halogens is 2. The molecule has 1 saturated carbocycles. The second-order valence-electron chi connectivity index (χ2n) is 4.93. The highest BCUT2D eigenvalue weighted by Crippen LogP contribution is 2.40. The highest BCUT2D eigenvalue weighted by Gasteiger charge is 2.43. The van der Waals surface area contributed by atoms with Crippen LogP contribution in [0.5, 0.6) is 5.75 Å². The first-order chi connectivity index (χ1) is 9.51. The molecule has 0 heterocycles. The summed E-state index contributed by atoms with van der Waals surface area (Å²) in [6.45, 7) is 0.0575. The summed E-state index contributed by atoms with van der Waals surface area (Å²) in [6.07, 6.45) is 1.02. The van der Waals surface area contributed by atoms with Crippen molar-refractivity contribution in [3.05, 3.63) is 24.3 Å². The zero-order valence-electron chi connectivity index (χ0n) is 11.4. The number of guanidine groups is 1. The Morgan fingerprint density at radius 3 is 2.70 bits per heavy atom. The minimum atomic E-state index is -2.61. The van der Waals surface area contributed by atoms with Crippen LogP contribution in [0.25, 0.3) is 0 Å². The molecule has 4 nitrogen and oxygen atoms in total. The molecule has 6 heteroatoms. The van der Waals surface area contributed by atoms with Crippen molar-refractivity contribution in [1.82, 2.24) is 0 Å². The Morgan fingerprint density at radius 2 is 2.15 bits per heavy atom. The minimum Gasteiger partial charge on any atom is -0.497 e. The van der Waals surface area contributed by atoms with Gasteiger partial charge in [-0.3, -0.25) is 4.99 Å². The van der Waals surface area contributed by atoms with Gasteiger partial charge in [0.1, 0.15) is 5.75 Å². The summed E-state index contributed by atoms with van der Waals surface area (Å²) in [4.78, 5) is 4.01. The summed E-state index contributed by atoms with van der Waals surface area (Å²) in [5, 5.41) is 2.87. The summed E-state index contributed by atoms with van der Waals surface area (Å²) in [5.41, 5.74) is 6.45. The average molecular weight is 283 g/mol. The lowest BCUT2D eigenvalue weighted by atomic mass is 10.1. The third-order valence-corrected chi connectivity index (χ3v) is 3.50. The Morgan fingerprint density at radius 1 is 1.45 bits per heavy atom. The third kappa shape index (κ3) is 3.59. The van der Waals surface area contributed by atoms with Crippen molar-refractivity contribution in [2.24, 2.45) is 16.6 Å². The van der Waals surface area contributed by atoms with Crippen molar-refractivity contribution in [2.75, 3.05) is 19.0 Å². The van der Waals surface area contributed by atoms with E-state index >= 15 is 0 Å². The van der Waals surface area contributed by atoms with E-state index in [1.807, 2.05) is 0 Å². The molecule has 0 spiro atoms. The molecule has 1 aromatic carbocycles. The van der Waals surface area contributed by atoms with E-state index in [2.05, 4.69) is 10.3 Å². The molecule has 20 heavy (non-hydrogen) atoms. The van der Waals surface area contributed by atoms with Crippen molar-refractivity contribution in [3.8, 4) is 5.75 Å². The third-order valence-electron chi connectivity index (χ3n) is 3.50. The molecule has 0 bridgehead atoms. The zero-order chi connectivity index (χ0) is 14.6. The highest BCUT2D eigenvalue weighted by molar-refractivity contribution is 5.92. The van der Waals surface area contributed by atoms with Gasteiger partial charge < -0.3 is 15.8 Å². The number of methoxy groups -OCH3 is 1. The predicted octanol–water partition coefficient (Wildman–Crippen LogP) is 2.86. The lowest BCUT2D eigenvalue weighted by molar-refractivity contribution is -0.0329. The number of ether oxygens (including phenoxy) is 1. The van der Waals surface area contributed by atoms with Crippen molar-refractivity contribution < 1.29 is 13.5 Å². The van der Waals surface area contributed by atoms with Gasteiger partial charge in [-0.2, -0.15) is 0 Å². The zero-order valence-corrected chi connectivity index (χ0v) is 11.4. The van der Waals surface area contributed by atoms with Gasteiger partial charge in [0.2, 0.25) is 0 Å². The maximum absolute atomic E-state index is 13.4. The fourth-order valence-corrected chi connectivity index (χ4v) is 2.29. The summed E-state index contributed by atoms with van der Waals surface area (Å²) < 4.78 is 31.9. The molecule has 0 radical (unpaired) electrons. The van der Waals surface area contributed by atoms with Gasteiger partial charge in [-0.15, -0.1) is 0 Å². The number of nitrogens with zero attached hydrogens (tertiary/aromatic N) is 1. The Hall–Kier alpha value is -1.85. The van der Waals surface area contributed by atoms with Gasteiger partial charge in [0.15, 0.2) is 5.96 Å². The maximum atomic E-state index is 13.4. The first kappa shape index (κ1) is 14.6. The Balaban J connectivity index is 1.90. The van der Waals surface area contributed by atoms with Gasteiger partial charge in [0, 0.05) is 18.0 Å². The number of hydrogen-bond donors (Lipinski definition) is 2. The molecule has 1 unspecified atom stereocenters. The van der Waals surface area contributed by atoms with E-state index in [-0.39, 0.29) is 18.9 Å². The number of hydrogen-bond acceptors (Lipinski definition) is 2. The smallest absolute Gasteiger partial charge is 0.252 e. The van der Waals surface area contributed by atoms with Gasteiger partial charge >= 0.3 is 0 Å². The summed E-state index contributed by atoms with van der Waals surface area (Å²) in [6, 6.07) is 7.12. The van der Waals surface area contributed by atoms with Gasteiger partial charge in [0.25, 0.3) is 5.92 Å². The van der Waals surface area contributed by atoms with E-state index in [0.29, 0.717) is 12.8 Å². The molecule has 0 saturated heterocycles. The van der Waals surface area contributed by atoms with E-state index in [9.17, 15) is 8.78 Å². The van der Waals surface area contributed by atoms with Crippen LogP contribution in [0.2, 0.25) is 0 Å². The largest absolute Gasteiger partial charge is 0.497 e. The monoisotopic (exact) mass is 283 g/mol. The number of anilines is 1. The van der Waals surface area contributed by atoms with E-state index in [4.69, 9.17) is 10.5 Å². The molecule has 2 rings (SSSR count). The Kier molecular flexibility index (Phi) is 4.42. The van der Waals surface area contributed by atoms with E-state index < -0.39 is 11.8 Å². The molecule has 0 aliphatic heterocycles. The van der Waals surface area contributed by atoms with Crippen LogP contribution in [0, 0.1) is 5.92 Å². The molecule has 1 aromatic rings. The topological polar surface area (TPSA) is 59.6 Å². The Bertz CT molecular complexity index is 474. The normalized spacial score (nSPS) is 21.8. The van der Waals surface area contributed by atoms with Crippen LogP contribution in [0.4, 0.5) is 14.5 Å². The van der Waals surface area contributed by atoms with Crippen LogP contribution in [0.3, 0.4) is 0 Å². The fraction of sp³-hybridized carbons (Fsp3) is 0.500. The van der Waals surface area contributed by atoms with Crippen LogP contribution in [-0.2, 0) is 0 Å². The van der Waals surface area contributed by atoms with Gasteiger partial charge in [-0.25, -0.2) is 8.78 Å². The van der Waals surface area contributed by atoms with Crippen molar-refractivity contribution >= 4 is 11.6 Å². The van der Waals surface area contributed by atoms with Gasteiger partial charge in [-0.1, -0.05) is 0 Å². The average Bonchev–Trinajstić information content (AvgIpc) is 2.76. The number of benzene rings is 1. The standard InChI is InChI=1S/C14H19F2N3O/c1-20-12-6-4-11(5-7-12)19-13(17)18-9-10-3-2-8-14(10,15)16/h4-7,10H,2-3,8-9H2,1H3,(H3,17,18,19). The molecule has 1 aliphatic rings. The lowest BCUT2D eigenvalue weighted by Gasteiger charge is -2.17. The van der Waals surface area contributed by atoms with Crippen LogP contribution >= 0.6 is 0 Å². The Labute approximate surface area is 117 Å². The summed E-state index contributed by atoms with van der Waals surface area (Å²) >= 11 is 0. The number of rotatable bonds is 4. The second-order valence-corrected chi connectivity index (χ2v) is 4.93. The summed E-state index contributed by atoms with van der Waals surface area (Å²) in [7, 11) is 1.58. The predicted molar refractivity (Wildman–Crippen MR) is 75.4 cm³/mol. The molecule has 110 valence electrons. The number of nitrogens with one attached hydrogen (secondary N) is 1. The first-order valence-electron chi connectivity index (χ1n) is 6.60. The number of nitrogens with two attached hydrogens (primary N) is 1. The minimum absolute atomic E-state index is 0.0427. The van der Waals surface area contributed by atoms with Gasteiger partial charge in [0.05, 0.1) is 13.7 Å². The molecule has 3 N–H and O–H groups in total. The van der Waals surface area contributed by atoms with Crippen LogP contribution < -0.4 is 15.8 Å². The van der Waals surface area contributed by atoms with Crippen molar-refractivity contribution in [2.45, 2.75) is 25.2 Å². The van der Waals surface area contributed by atoms with E-state index in [1.165, 1.54) is 0 Å². The molecule has 1 atom stereocenters. The SMILES string of the molecule is COc1ccc(NC(N)=NCC2CCCC2(F)F)cc1. The van der Waals surface area contributed by atoms with Crippen LogP contribution in [0.1, 0.15) is 19.3 Å². The lowest BCUT2D eigenvalue weighted by Crippen LogP contribution is -2.28.